The van der Waals surface area contributed by atoms with E-state index in [4.69, 9.17) is 14.8 Å². The third kappa shape index (κ3) is 4.18. The van der Waals surface area contributed by atoms with Crippen LogP contribution < -0.4 is 0 Å². The number of hydrogen-bond acceptors (Lipinski definition) is 7. The average molecular weight is 416 g/mol. The summed E-state index contributed by atoms with van der Waals surface area (Å²) >= 11 is 0. The molecule has 0 radical (unpaired) electrons. The molecular weight excluding hydrogens is 390 g/mol. The van der Waals surface area contributed by atoms with Crippen LogP contribution in [0.4, 0.5) is 5.69 Å². The Balaban J connectivity index is 1.58. The van der Waals surface area contributed by atoms with Gasteiger partial charge in [-0.1, -0.05) is 24.3 Å². The van der Waals surface area contributed by atoms with Gasteiger partial charge in [-0.15, -0.1) is 0 Å². The van der Waals surface area contributed by atoms with Crippen LogP contribution in [0, 0.1) is 0 Å². The first-order valence-electron chi connectivity index (χ1n) is 9.79. The van der Waals surface area contributed by atoms with Crippen LogP contribution in [0.25, 0.3) is 0 Å². The van der Waals surface area contributed by atoms with Crippen LogP contribution in [0.3, 0.4) is 0 Å². The maximum absolute atomic E-state index is 13.2. The lowest BCUT2D eigenvalue weighted by atomic mass is 10.1. The molecular formula is C21H25N3O4S-2. The van der Waals surface area contributed by atoms with Crippen molar-refractivity contribution in [3.05, 3.63) is 54.1 Å². The molecule has 0 aromatic heterocycles. The number of aliphatic hydroxyl groups is 1. The molecule has 2 aliphatic heterocycles. The van der Waals surface area contributed by atoms with E-state index in [1.807, 2.05) is 18.2 Å². The number of amidine groups is 1. The largest absolute Gasteiger partial charge is 0.792 e. The van der Waals surface area contributed by atoms with Crippen LogP contribution in [0.5, 0.6) is 0 Å². The molecule has 2 aromatic rings. The Bertz CT molecular complexity index is 882. The SMILES string of the molecule is [O-]S1([O-])c2ccccc2N=C(N2CCN(CCOCCO)CC2)c2ccccc21. The molecule has 2 aromatic carbocycles. The molecule has 0 bridgehead atoms. The Kier molecular flexibility index (Phi) is 6.19. The second-order valence-corrected chi connectivity index (χ2v) is 8.95. The van der Waals surface area contributed by atoms with Crippen molar-refractivity contribution in [1.29, 1.82) is 0 Å². The number of para-hydroxylation sites is 1. The molecule has 0 spiro atoms. The lowest BCUT2D eigenvalue weighted by Gasteiger charge is -2.60. The van der Waals surface area contributed by atoms with Crippen LogP contribution in [0.2, 0.25) is 0 Å². The molecule has 1 fully saturated rings. The van der Waals surface area contributed by atoms with Crippen molar-refractivity contribution in [2.45, 2.75) is 9.79 Å². The zero-order chi connectivity index (χ0) is 20.3. The molecule has 0 unspecified atom stereocenters. The zero-order valence-electron chi connectivity index (χ0n) is 16.2. The van der Waals surface area contributed by atoms with E-state index in [0.29, 0.717) is 35.2 Å². The first kappa shape index (κ1) is 20.3. The van der Waals surface area contributed by atoms with Crippen LogP contribution in [0.15, 0.2) is 63.3 Å². The minimum absolute atomic E-state index is 0.0391. The molecule has 0 aliphatic carbocycles. The molecule has 0 saturated carbocycles. The maximum atomic E-state index is 13.2. The van der Waals surface area contributed by atoms with Gasteiger partial charge in [-0.3, -0.25) is 4.90 Å². The van der Waals surface area contributed by atoms with E-state index in [-0.39, 0.29) is 11.5 Å². The Morgan fingerprint density at radius 1 is 0.931 bits per heavy atom. The van der Waals surface area contributed by atoms with Gasteiger partial charge in [0.2, 0.25) is 0 Å². The van der Waals surface area contributed by atoms with Gasteiger partial charge < -0.3 is 34.4 Å². The van der Waals surface area contributed by atoms with E-state index in [1.165, 1.54) is 0 Å². The molecule has 1 N–H and O–H groups in total. The number of rotatable bonds is 5. The highest BCUT2D eigenvalue weighted by molar-refractivity contribution is 8.24. The summed E-state index contributed by atoms with van der Waals surface area (Å²) in [7, 11) is -3.63. The van der Waals surface area contributed by atoms with Gasteiger partial charge in [-0.25, -0.2) is 4.99 Å². The van der Waals surface area contributed by atoms with E-state index in [0.717, 1.165) is 32.7 Å². The highest BCUT2D eigenvalue weighted by Crippen LogP contribution is 2.60. The minimum Gasteiger partial charge on any atom is -0.792 e. The van der Waals surface area contributed by atoms with Crippen LogP contribution in [-0.2, 0) is 4.74 Å². The van der Waals surface area contributed by atoms with E-state index in [9.17, 15) is 9.11 Å². The highest BCUT2D eigenvalue weighted by atomic mass is 32.3. The van der Waals surface area contributed by atoms with Crippen LogP contribution in [-0.4, -0.2) is 82.4 Å². The zero-order valence-corrected chi connectivity index (χ0v) is 17.0. The molecule has 29 heavy (non-hydrogen) atoms. The van der Waals surface area contributed by atoms with Crippen LogP contribution >= 0.6 is 10.6 Å². The van der Waals surface area contributed by atoms with E-state index in [2.05, 4.69) is 9.80 Å². The standard InChI is InChI=1S/C21H27N3O4S/c25-14-16-28-15-13-23-9-11-24(12-10-23)21-17-5-1-3-7-19(17)29(26,27)20-8-4-2-6-18(20)22-21/h1-8,25-27H,9-16H2/p-2. The smallest absolute Gasteiger partial charge is 0.138 e. The van der Waals surface area contributed by atoms with E-state index >= 15 is 0 Å². The summed E-state index contributed by atoms with van der Waals surface area (Å²) in [6.45, 7) is 5.02. The maximum Gasteiger partial charge on any atom is 0.138 e. The summed E-state index contributed by atoms with van der Waals surface area (Å²) < 4.78 is 31.8. The van der Waals surface area contributed by atoms with Gasteiger partial charge in [0.05, 0.1) is 25.5 Å². The molecule has 8 heteroatoms. The van der Waals surface area contributed by atoms with Crippen molar-refractivity contribution < 1.29 is 18.9 Å². The van der Waals surface area contributed by atoms with Crippen molar-refractivity contribution >= 4 is 22.1 Å². The number of fused-ring (bicyclic) bond motifs is 2. The molecule has 2 aliphatic rings. The minimum atomic E-state index is -3.63. The van der Waals surface area contributed by atoms with Crippen LogP contribution in [0.1, 0.15) is 5.56 Å². The molecule has 156 valence electrons. The molecule has 0 atom stereocenters. The van der Waals surface area contributed by atoms with Gasteiger partial charge in [0.15, 0.2) is 0 Å². The number of aliphatic hydroxyl groups excluding tert-OH is 1. The summed E-state index contributed by atoms with van der Waals surface area (Å²) in [5.74, 6) is 0.713. The summed E-state index contributed by atoms with van der Waals surface area (Å²) in [6.07, 6.45) is 0. The number of piperazine rings is 1. The molecule has 2 heterocycles. The third-order valence-electron chi connectivity index (χ3n) is 5.26. The monoisotopic (exact) mass is 415 g/mol. The van der Waals surface area contributed by atoms with Crippen molar-refractivity contribution in [3.63, 3.8) is 0 Å². The van der Waals surface area contributed by atoms with Gasteiger partial charge in [0, 0.05) is 48.1 Å². The van der Waals surface area contributed by atoms with Crippen molar-refractivity contribution in [3.8, 4) is 0 Å². The molecule has 7 nitrogen and oxygen atoms in total. The van der Waals surface area contributed by atoms with Gasteiger partial charge in [0.25, 0.3) is 0 Å². The Morgan fingerprint density at radius 3 is 2.38 bits per heavy atom. The summed E-state index contributed by atoms with van der Waals surface area (Å²) in [5.41, 5.74) is 1.14. The fourth-order valence-corrected chi connectivity index (χ4v) is 5.33. The summed E-state index contributed by atoms with van der Waals surface area (Å²) in [5, 5.41) is 8.79. The number of nitrogens with zero attached hydrogens (tertiary/aromatic N) is 3. The van der Waals surface area contributed by atoms with Crippen molar-refractivity contribution in [2.75, 3.05) is 52.5 Å². The van der Waals surface area contributed by atoms with Gasteiger partial charge in [-0.2, -0.15) is 0 Å². The predicted molar refractivity (Wildman–Crippen MR) is 111 cm³/mol. The molecule has 1 saturated heterocycles. The number of aliphatic imine (C=N–C) groups is 1. The molecule has 4 rings (SSSR count). The lowest BCUT2D eigenvalue weighted by Crippen LogP contribution is -2.49. The normalized spacial score (nSPS) is 19.7. The average Bonchev–Trinajstić information content (AvgIpc) is 2.85. The summed E-state index contributed by atoms with van der Waals surface area (Å²) in [4.78, 5) is 9.84. The number of sulfone groups is 1. The second kappa shape index (κ2) is 8.83. The first-order chi connectivity index (χ1) is 14.1. The molecule has 0 amide bonds. The predicted octanol–water partition coefficient (Wildman–Crippen LogP) is 2.19. The number of benzene rings is 2. The fourth-order valence-electron chi connectivity index (χ4n) is 3.74. The van der Waals surface area contributed by atoms with Gasteiger partial charge >= 0.3 is 0 Å². The quantitative estimate of drug-likeness (QED) is 0.753. The number of ether oxygens (including phenoxy) is 1. The van der Waals surface area contributed by atoms with E-state index < -0.39 is 10.6 Å². The fraction of sp³-hybridized carbons (Fsp3) is 0.381. The Hall–Kier alpha value is -1.94. The van der Waals surface area contributed by atoms with E-state index in [1.54, 1.807) is 30.3 Å². The first-order valence-corrected chi connectivity index (χ1v) is 11.3. The second-order valence-electron chi connectivity index (χ2n) is 7.07. The van der Waals surface area contributed by atoms with Gasteiger partial charge in [-0.05, 0) is 24.3 Å². The number of hydrogen-bond donors (Lipinski definition) is 1. The topological polar surface area (TPSA) is 94.4 Å². The van der Waals surface area contributed by atoms with Crippen molar-refractivity contribution in [2.24, 2.45) is 4.99 Å². The highest BCUT2D eigenvalue weighted by Gasteiger charge is 2.26. The Morgan fingerprint density at radius 2 is 1.62 bits per heavy atom. The Labute approximate surface area is 172 Å². The lowest BCUT2D eigenvalue weighted by molar-refractivity contribution is 0.0652. The third-order valence-corrected chi connectivity index (χ3v) is 7.12. The van der Waals surface area contributed by atoms with Gasteiger partial charge in [0.1, 0.15) is 5.84 Å². The summed E-state index contributed by atoms with van der Waals surface area (Å²) in [6, 6.07) is 14.0. The van der Waals surface area contributed by atoms with Crippen molar-refractivity contribution in [1.82, 2.24) is 9.80 Å².